The lowest BCUT2D eigenvalue weighted by Crippen LogP contribution is -2.30. The fourth-order valence-electron chi connectivity index (χ4n) is 1.78. The Morgan fingerprint density at radius 1 is 1.45 bits per heavy atom. The van der Waals surface area contributed by atoms with Gasteiger partial charge in [0.1, 0.15) is 0 Å². The van der Waals surface area contributed by atoms with E-state index in [4.69, 9.17) is 0 Å². The highest BCUT2D eigenvalue weighted by Crippen LogP contribution is 2.21. The molecule has 0 radical (unpaired) electrons. The second-order valence-corrected chi connectivity index (χ2v) is 4.23. The molecule has 0 saturated heterocycles. The van der Waals surface area contributed by atoms with Crippen LogP contribution in [-0.4, -0.2) is 24.4 Å². The van der Waals surface area contributed by atoms with Crippen LogP contribution in [0.4, 0.5) is 5.69 Å². The van der Waals surface area contributed by atoms with E-state index in [-0.39, 0.29) is 30.0 Å². The van der Waals surface area contributed by atoms with Gasteiger partial charge in [-0.15, -0.1) is 12.4 Å². The van der Waals surface area contributed by atoms with E-state index in [1.54, 1.807) is 19.2 Å². The number of hydrogen-bond donors (Lipinski definition) is 2. The molecule has 1 amide bonds. The van der Waals surface area contributed by atoms with Crippen LogP contribution < -0.4 is 10.6 Å². The molecule has 0 aliphatic carbocycles. The third kappa shape index (κ3) is 5.54. The molecular weight excluding hydrogens is 282 g/mol. The second kappa shape index (κ2) is 9.28. The number of amides is 1. The van der Waals surface area contributed by atoms with Crippen LogP contribution >= 0.6 is 12.4 Å². The normalized spacial score (nSPS) is 11.3. The van der Waals surface area contributed by atoms with Crippen LogP contribution in [0.15, 0.2) is 24.3 Å². The first-order valence-corrected chi connectivity index (χ1v) is 6.26. The summed E-state index contributed by atoms with van der Waals surface area (Å²) in [5.41, 5.74) is 0.801. The minimum atomic E-state index is -0.432. The first kappa shape index (κ1) is 18.3. The van der Waals surface area contributed by atoms with Crippen molar-refractivity contribution in [3.05, 3.63) is 39.9 Å². The maximum atomic E-state index is 11.7. The van der Waals surface area contributed by atoms with Gasteiger partial charge in [0, 0.05) is 25.1 Å². The predicted octanol–water partition coefficient (Wildman–Crippen LogP) is 2.19. The van der Waals surface area contributed by atoms with Gasteiger partial charge >= 0.3 is 0 Å². The van der Waals surface area contributed by atoms with Crippen molar-refractivity contribution in [2.45, 2.75) is 25.8 Å². The monoisotopic (exact) mass is 301 g/mol. The van der Waals surface area contributed by atoms with E-state index in [1.165, 1.54) is 12.1 Å². The number of carbonyl (C=O) groups is 1. The molecule has 1 aromatic carbocycles. The fourth-order valence-corrected chi connectivity index (χ4v) is 1.78. The predicted molar refractivity (Wildman–Crippen MR) is 80.1 cm³/mol. The Morgan fingerprint density at radius 3 is 2.70 bits per heavy atom. The first-order valence-electron chi connectivity index (χ1n) is 6.26. The van der Waals surface area contributed by atoms with Crippen LogP contribution in [0.25, 0.3) is 0 Å². The van der Waals surface area contributed by atoms with Gasteiger partial charge in [0.05, 0.1) is 11.0 Å². The third-order valence-electron chi connectivity index (χ3n) is 2.83. The molecule has 112 valence electrons. The number of nitro benzene ring substituents is 1. The average Bonchev–Trinajstić information content (AvgIpc) is 2.42. The molecule has 7 heteroatoms. The maximum absolute atomic E-state index is 11.7. The Kier molecular flexibility index (Phi) is 8.51. The highest BCUT2D eigenvalue weighted by Gasteiger charge is 2.15. The van der Waals surface area contributed by atoms with Crippen LogP contribution in [0.1, 0.15) is 31.4 Å². The summed E-state index contributed by atoms with van der Waals surface area (Å²) in [5.74, 6) is -0.0623. The quantitative estimate of drug-likeness (QED) is 0.597. The van der Waals surface area contributed by atoms with Crippen LogP contribution in [-0.2, 0) is 4.79 Å². The van der Waals surface area contributed by atoms with Crippen molar-refractivity contribution in [1.29, 1.82) is 0 Å². The zero-order valence-electron chi connectivity index (χ0n) is 11.6. The summed E-state index contributed by atoms with van der Waals surface area (Å²) in [4.78, 5) is 22.0. The molecule has 0 aromatic heterocycles. The number of rotatable bonds is 7. The van der Waals surface area contributed by atoms with Gasteiger partial charge in [0.25, 0.3) is 5.69 Å². The van der Waals surface area contributed by atoms with Gasteiger partial charge in [0.2, 0.25) is 5.91 Å². The molecule has 20 heavy (non-hydrogen) atoms. The summed E-state index contributed by atoms with van der Waals surface area (Å²) < 4.78 is 0. The zero-order chi connectivity index (χ0) is 14.3. The number of nitrogens with one attached hydrogen (secondary N) is 2. The number of halogens is 1. The summed E-state index contributed by atoms with van der Waals surface area (Å²) in [5, 5.41) is 16.5. The number of nitro groups is 1. The molecule has 0 aliphatic rings. The standard InChI is InChI=1S/C13H19N3O3.ClH/c1-3-12(15-13(17)7-8-14-2)10-5-4-6-11(9-10)16(18)19;/h4-6,9,12,14H,3,7-8H2,1-2H3,(H,15,17);1H. The van der Waals surface area contributed by atoms with E-state index in [1.807, 2.05) is 6.92 Å². The lowest BCUT2D eigenvalue weighted by atomic mass is 10.0. The summed E-state index contributed by atoms with van der Waals surface area (Å²) in [6.45, 7) is 2.54. The van der Waals surface area contributed by atoms with Crippen LogP contribution in [0.3, 0.4) is 0 Å². The fraction of sp³-hybridized carbons (Fsp3) is 0.462. The van der Waals surface area contributed by atoms with E-state index in [2.05, 4.69) is 10.6 Å². The van der Waals surface area contributed by atoms with Gasteiger partial charge in [-0.1, -0.05) is 19.1 Å². The van der Waals surface area contributed by atoms with Crippen LogP contribution in [0.2, 0.25) is 0 Å². The van der Waals surface area contributed by atoms with Gasteiger partial charge in [-0.2, -0.15) is 0 Å². The molecule has 0 aliphatic heterocycles. The summed E-state index contributed by atoms with van der Waals surface area (Å²) in [6.07, 6.45) is 1.08. The van der Waals surface area contributed by atoms with E-state index in [9.17, 15) is 14.9 Å². The van der Waals surface area contributed by atoms with Crippen LogP contribution in [0, 0.1) is 10.1 Å². The molecular formula is C13H20ClN3O3. The molecule has 6 nitrogen and oxygen atoms in total. The van der Waals surface area contributed by atoms with Gasteiger partial charge in [-0.05, 0) is 19.0 Å². The highest BCUT2D eigenvalue weighted by molar-refractivity contribution is 5.85. The summed E-state index contributed by atoms with van der Waals surface area (Å²) >= 11 is 0. The topological polar surface area (TPSA) is 84.3 Å². The van der Waals surface area contributed by atoms with Crippen molar-refractivity contribution in [1.82, 2.24) is 10.6 Å². The molecule has 1 atom stereocenters. The van der Waals surface area contributed by atoms with Crippen molar-refractivity contribution in [3.63, 3.8) is 0 Å². The minimum Gasteiger partial charge on any atom is -0.349 e. The van der Waals surface area contributed by atoms with Crippen molar-refractivity contribution in [3.8, 4) is 0 Å². The van der Waals surface area contributed by atoms with Crippen molar-refractivity contribution in [2.24, 2.45) is 0 Å². The lowest BCUT2D eigenvalue weighted by molar-refractivity contribution is -0.384. The Labute approximate surface area is 124 Å². The van der Waals surface area contributed by atoms with E-state index < -0.39 is 4.92 Å². The number of benzene rings is 1. The summed E-state index contributed by atoms with van der Waals surface area (Å²) in [6, 6.07) is 6.19. The van der Waals surface area contributed by atoms with Gasteiger partial charge in [0.15, 0.2) is 0 Å². The number of nitrogens with zero attached hydrogens (tertiary/aromatic N) is 1. The first-order chi connectivity index (χ1) is 9.08. The Bertz CT molecular complexity index is 454. The van der Waals surface area contributed by atoms with Gasteiger partial charge < -0.3 is 10.6 Å². The molecule has 1 unspecified atom stereocenters. The molecule has 0 bridgehead atoms. The van der Waals surface area contributed by atoms with Gasteiger partial charge in [-0.3, -0.25) is 14.9 Å². The Morgan fingerprint density at radius 2 is 2.15 bits per heavy atom. The second-order valence-electron chi connectivity index (χ2n) is 4.23. The average molecular weight is 302 g/mol. The number of carbonyl (C=O) groups excluding carboxylic acids is 1. The summed E-state index contributed by atoms with van der Waals surface area (Å²) in [7, 11) is 1.78. The van der Waals surface area contributed by atoms with Crippen molar-refractivity contribution < 1.29 is 9.72 Å². The third-order valence-corrected chi connectivity index (χ3v) is 2.83. The Balaban J connectivity index is 0.00000361. The lowest BCUT2D eigenvalue weighted by Gasteiger charge is -2.17. The number of hydrogen-bond acceptors (Lipinski definition) is 4. The Hall–Kier alpha value is -1.66. The SMILES string of the molecule is CCC(NC(=O)CCNC)c1cccc([N+](=O)[O-])c1.Cl. The largest absolute Gasteiger partial charge is 0.349 e. The molecule has 0 fully saturated rings. The smallest absolute Gasteiger partial charge is 0.269 e. The maximum Gasteiger partial charge on any atom is 0.269 e. The highest BCUT2D eigenvalue weighted by atomic mass is 35.5. The molecule has 0 spiro atoms. The minimum absolute atomic E-state index is 0. The number of non-ortho nitro benzene ring substituents is 1. The van der Waals surface area contributed by atoms with Crippen molar-refractivity contribution >= 4 is 24.0 Å². The molecule has 0 saturated carbocycles. The van der Waals surface area contributed by atoms with E-state index in [0.29, 0.717) is 19.4 Å². The molecule has 2 N–H and O–H groups in total. The zero-order valence-corrected chi connectivity index (χ0v) is 12.4. The molecule has 0 heterocycles. The molecule has 1 rings (SSSR count). The van der Waals surface area contributed by atoms with E-state index in [0.717, 1.165) is 5.56 Å². The van der Waals surface area contributed by atoms with Crippen LogP contribution in [0.5, 0.6) is 0 Å². The van der Waals surface area contributed by atoms with E-state index >= 15 is 0 Å². The van der Waals surface area contributed by atoms with Gasteiger partial charge in [-0.25, -0.2) is 0 Å². The molecule has 1 aromatic rings. The van der Waals surface area contributed by atoms with Crippen molar-refractivity contribution in [2.75, 3.05) is 13.6 Å².